The fraction of sp³-hybridized carbons (Fsp3) is 0.316. The molecule has 1 amide bonds. The summed E-state index contributed by atoms with van der Waals surface area (Å²) in [4.78, 5) is 22.7. The molecule has 1 saturated heterocycles. The number of rotatable bonds is 2. The van der Waals surface area contributed by atoms with Gasteiger partial charge in [0.1, 0.15) is 11.5 Å². The van der Waals surface area contributed by atoms with E-state index in [1.165, 1.54) is 4.90 Å². The van der Waals surface area contributed by atoms with Crippen LogP contribution in [-0.4, -0.2) is 40.0 Å². The Kier molecular flexibility index (Phi) is 4.74. The molecule has 0 radical (unpaired) electrons. The van der Waals surface area contributed by atoms with Crippen LogP contribution in [0.1, 0.15) is 23.7 Å². The number of aryl methyl sites for hydroxylation is 1. The first-order chi connectivity index (χ1) is 13.7. The molecule has 1 fully saturated rings. The molecule has 4 heterocycles. The topological polar surface area (TPSA) is 61.4 Å². The van der Waals surface area contributed by atoms with Gasteiger partial charge in [0.05, 0.1) is 16.6 Å². The molecule has 2 aromatic rings. The van der Waals surface area contributed by atoms with Gasteiger partial charge in [-0.25, -0.2) is 10.4 Å². The van der Waals surface area contributed by atoms with Gasteiger partial charge in [0.25, 0.3) is 5.91 Å². The average Bonchev–Trinajstić information content (AvgIpc) is 3.09. The van der Waals surface area contributed by atoms with Gasteiger partial charge in [0.2, 0.25) is 0 Å². The van der Waals surface area contributed by atoms with Crippen LogP contribution in [0.25, 0.3) is 5.57 Å². The first kappa shape index (κ1) is 19.7. The van der Waals surface area contributed by atoms with Crippen LogP contribution >= 0.6 is 11.6 Å². The van der Waals surface area contributed by atoms with Crippen LogP contribution in [0.15, 0.2) is 36.3 Å². The minimum absolute atomic E-state index is 0.0872. The number of halogens is 4. The fourth-order valence-corrected chi connectivity index (χ4v) is 3.84. The quantitative estimate of drug-likeness (QED) is 0.802. The Morgan fingerprint density at radius 2 is 2.03 bits per heavy atom. The molecule has 10 heteroatoms. The maximum atomic E-state index is 13.3. The first-order valence-electron chi connectivity index (χ1n) is 8.90. The lowest BCUT2D eigenvalue weighted by Crippen LogP contribution is -2.55. The number of nitrogens with zero attached hydrogens (tertiary/aromatic N) is 4. The van der Waals surface area contributed by atoms with Crippen LogP contribution in [0.3, 0.4) is 0 Å². The van der Waals surface area contributed by atoms with Crippen molar-refractivity contribution in [3.63, 3.8) is 0 Å². The third kappa shape index (κ3) is 3.44. The molecule has 2 aromatic heterocycles. The molecule has 0 aliphatic carbocycles. The molecule has 1 N–H and O–H groups in total. The molecule has 2 aliphatic rings. The molecule has 0 saturated carbocycles. The number of hydrazine groups is 1. The van der Waals surface area contributed by atoms with Crippen molar-refractivity contribution >= 4 is 28.9 Å². The van der Waals surface area contributed by atoms with Gasteiger partial charge in [-0.3, -0.25) is 19.7 Å². The minimum atomic E-state index is -4.61. The van der Waals surface area contributed by atoms with E-state index in [1.807, 2.05) is 26.0 Å². The van der Waals surface area contributed by atoms with Crippen LogP contribution in [0.4, 0.5) is 19.0 Å². The molecule has 29 heavy (non-hydrogen) atoms. The lowest BCUT2D eigenvalue weighted by atomic mass is 10.0. The SMILES string of the molecule is Cc1cc(C2=C3C(=O)N(c4cc(Cl)c(C(F)(F)F)cn4)C[C@H](C)N3NC2)ccn1. The van der Waals surface area contributed by atoms with Crippen LogP contribution < -0.4 is 10.3 Å². The maximum Gasteiger partial charge on any atom is 0.419 e. The summed E-state index contributed by atoms with van der Waals surface area (Å²) in [7, 11) is 0. The molecular formula is C19H17ClF3N5O. The van der Waals surface area contributed by atoms with E-state index in [-0.39, 0.29) is 24.3 Å². The number of amides is 1. The van der Waals surface area contributed by atoms with E-state index in [1.54, 1.807) is 11.2 Å². The van der Waals surface area contributed by atoms with Crippen molar-refractivity contribution in [2.75, 3.05) is 18.0 Å². The Labute approximate surface area is 170 Å². The van der Waals surface area contributed by atoms with E-state index in [0.29, 0.717) is 18.4 Å². The molecule has 0 spiro atoms. The molecule has 152 valence electrons. The Hall–Kier alpha value is -2.65. The summed E-state index contributed by atoms with van der Waals surface area (Å²) in [5.41, 5.74) is 5.12. The predicted octanol–water partition coefficient (Wildman–Crippen LogP) is 3.42. The fourth-order valence-electron chi connectivity index (χ4n) is 3.58. The first-order valence-corrected chi connectivity index (χ1v) is 9.28. The number of anilines is 1. The van der Waals surface area contributed by atoms with Crippen molar-refractivity contribution < 1.29 is 18.0 Å². The highest BCUT2D eigenvalue weighted by molar-refractivity contribution is 6.31. The Morgan fingerprint density at radius 1 is 1.28 bits per heavy atom. The molecular weight excluding hydrogens is 407 g/mol. The van der Waals surface area contributed by atoms with Gasteiger partial charge >= 0.3 is 6.18 Å². The van der Waals surface area contributed by atoms with Gasteiger partial charge in [-0.05, 0) is 31.5 Å². The molecule has 0 bridgehead atoms. The van der Waals surface area contributed by atoms with Gasteiger partial charge in [0.15, 0.2) is 0 Å². The van der Waals surface area contributed by atoms with E-state index in [2.05, 4.69) is 15.4 Å². The third-order valence-electron chi connectivity index (χ3n) is 4.95. The number of pyridine rings is 2. The normalized spacial score (nSPS) is 19.8. The zero-order valence-corrected chi connectivity index (χ0v) is 16.3. The summed E-state index contributed by atoms with van der Waals surface area (Å²) in [6.07, 6.45) is -2.27. The monoisotopic (exact) mass is 423 g/mol. The number of piperazine rings is 1. The van der Waals surface area contributed by atoms with Crippen LogP contribution in [0.5, 0.6) is 0 Å². The number of hydrogen-bond acceptors (Lipinski definition) is 5. The number of carbonyl (C=O) groups excluding carboxylic acids is 1. The lowest BCUT2D eigenvalue weighted by Gasteiger charge is -2.39. The second-order valence-electron chi connectivity index (χ2n) is 7.00. The lowest BCUT2D eigenvalue weighted by molar-refractivity contribution is -0.137. The second kappa shape index (κ2) is 7.00. The number of alkyl halides is 3. The zero-order chi connectivity index (χ0) is 20.9. The summed E-state index contributed by atoms with van der Waals surface area (Å²) >= 11 is 5.83. The van der Waals surface area contributed by atoms with E-state index >= 15 is 0 Å². The third-order valence-corrected chi connectivity index (χ3v) is 5.27. The largest absolute Gasteiger partial charge is 0.419 e. The number of hydrogen-bond donors (Lipinski definition) is 1. The standard InChI is InChI=1S/C19H17ClF3N5O/c1-10-5-12(3-4-24-10)13-7-26-28-11(2)9-27(18(29)17(13)28)16-6-15(20)14(8-25-16)19(21,22)23/h3-6,8,11,26H,7,9H2,1-2H3/t11-/m0/s1. The van der Waals surface area contributed by atoms with Gasteiger partial charge in [-0.15, -0.1) is 0 Å². The van der Waals surface area contributed by atoms with Gasteiger partial charge in [-0.1, -0.05) is 11.6 Å². The van der Waals surface area contributed by atoms with Crippen molar-refractivity contribution in [2.45, 2.75) is 26.1 Å². The van der Waals surface area contributed by atoms with E-state index in [9.17, 15) is 18.0 Å². The summed E-state index contributed by atoms with van der Waals surface area (Å²) in [6, 6.07) is 4.68. The number of aromatic nitrogens is 2. The van der Waals surface area contributed by atoms with Crippen molar-refractivity contribution in [1.82, 2.24) is 20.4 Å². The maximum absolute atomic E-state index is 13.3. The van der Waals surface area contributed by atoms with Gasteiger partial charge < -0.3 is 0 Å². The minimum Gasteiger partial charge on any atom is -0.298 e. The van der Waals surface area contributed by atoms with Crippen LogP contribution in [0.2, 0.25) is 5.02 Å². The number of carbonyl (C=O) groups is 1. The highest BCUT2D eigenvalue weighted by Gasteiger charge is 2.41. The van der Waals surface area contributed by atoms with Gasteiger partial charge in [0, 0.05) is 42.8 Å². The van der Waals surface area contributed by atoms with Crippen molar-refractivity contribution in [3.8, 4) is 0 Å². The Bertz CT molecular complexity index is 1020. The van der Waals surface area contributed by atoms with Crippen LogP contribution in [0, 0.1) is 6.92 Å². The molecule has 4 rings (SSSR count). The van der Waals surface area contributed by atoms with E-state index in [0.717, 1.165) is 22.9 Å². The number of fused-ring (bicyclic) bond motifs is 1. The van der Waals surface area contributed by atoms with E-state index < -0.39 is 16.8 Å². The summed E-state index contributed by atoms with van der Waals surface area (Å²) in [6.45, 7) is 4.50. The molecule has 2 aliphatic heterocycles. The van der Waals surface area contributed by atoms with Crippen molar-refractivity contribution in [3.05, 3.63) is 58.1 Å². The van der Waals surface area contributed by atoms with Crippen LogP contribution in [-0.2, 0) is 11.0 Å². The summed E-state index contributed by atoms with van der Waals surface area (Å²) < 4.78 is 38.9. The predicted molar refractivity (Wildman–Crippen MR) is 102 cm³/mol. The summed E-state index contributed by atoms with van der Waals surface area (Å²) in [5.74, 6) is -0.259. The zero-order valence-electron chi connectivity index (χ0n) is 15.6. The van der Waals surface area contributed by atoms with Crippen molar-refractivity contribution in [1.29, 1.82) is 0 Å². The Balaban J connectivity index is 1.75. The molecule has 1 atom stereocenters. The van der Waals surface area contributed by atoms with Gasteiger partial charge in [-0.2, -0.15) is 13.2 Å². The molecule has 6 nitrogen and oxygen atoms in total. The highest BCUT2D eigenvalue weighted by atomic mass is 35.5. The van der Waals surface area contributed by atoms with E-state index in [4.69, 9.17) is 11.6 Å². The van der Waals surface area contributed by atoms with Crippen molar-refractivity contribution in [2.24, 2.45) is 0 Å². The second-order valence-corrected chi connectivity index (χ2v) is 7.41. The highest BCUT2D eigenvalue weighted by Crippen LogP contribution is 2.37. The summed E-state index contributed by atoms with van der Waals surface area (Å²) in [5, 5.41) is 1.31. The smallest absolute Gasteiger partial charge is 0.298 e. The molecule has 0 unspecified atom stereocenters. The average molecular weight is 424 g/mol. The number of nitrogens with one attached hydrogen (secondary N) is 1. The molecule has 0 aromatic carbocycles. The Morgan fingerprint density at radius 3 is 2.69 bits per heavy atom.